The Bertz CT molecular complexity index is 443. The van der Waals surface area contributed by atoms with Crippen molar-refractivity contribution in [2.75, 3.05) is 12.3 Å². The van der Waals surface area contributed by atoms with Gasteiger partial charge in [-0.15, -0.1) is 6.58 Å². The summed E-state index contributed by atoms with van der Waals surface area (Å²) in [5.74, 6) is -0.764. The Balaban J connectivity index is 3.13. The fraction of sp³-hybridized carbons (Fsp3) is 0.357. The molecule has 0 heterocycles. The van der Waals surface area contributed by atoms with Gasteiger partial charge in [-0.25, -0.2) is 4.39 Å². The molecule has 0 aromatic heterocycles. The second kappa shape index (κ2) is 5.21. The minimum Gasteiger partial charge on any atom is -0.399 e. The number of carbonyl (C=O) groups excluding carboxylic acids is 1. The highest BCUT2D eigenvalue weighted by atomic mass is 19.1. The van der Waals surface area contributed by atoms with Crippen LogP contribution in [0.5, 0.6) is 0 Å². The maximum Gasteiger partial charge on any atom is 0.254 e. The van der Waals surface area contributed by atoms with Crippen molar-refractivity contribution in [1.82, 2.24) is 4.90 Å². The van der Waals surface area contributed by atoms with E-state index < -0.39 is 5.82 Å². The average molecular weight is 250 g/mol. The van der Waals surface area contributed by atoms with E-state index in [1.807, 2.05) is 20.8 Å². The summed E-state index contributed by atoms with van der Waals surface area (Å²) in [4.78, 5) is 14.0. The molecular weight excluding hydrogens is 231 g/mol. The van der Waals surface area contributed by atoms with Crippen LogP contribution in [0.15, 0.2) is 30.9 Å². The van der Waals surface area contributed by atoms with Crippen LogP contribution < -0.4 is 5.73 Å². The number of hydrogen-bond acceptors (Lipinski definition) is 2. The Morgan fingerprint density at radius 1 is 1.44 bits per heavy atom. The molecule has 0 saturated heterocycles. The largest absolute Gasteiger partial charge is 0.399 e. The van der Waals surface area contributed by atoms with E-state index in [1.165, 1.54) is 18.2 Å². The number of anilines is 1. The van der Waals surface area contributed by atoms with Crippen LogP contribution in [0.25, 0.3) is 0 Å². The third-order valence-electron chi connectivity index (χ3n) is 2.53. The van der Waals surface area contributed by atoms with Crippen LogP contribution in [0.2, 0.25) is 0 Å². The van der Waals surface area contributed by atoms with Crippen molar-refractivity contribution >= 4 is 11.6 Å². The SMILES string of the molecule is C=CCN(C(=O)c1cc(N)cc(F)c1)C(C)(C)C. The van der Waals surface area contributed by atoms with Crippen molar-refractivity contribution in [1.29, 1.82) is 0 Å². The van der Waals surface area contributed by atoms with Crippen LogP contribution in [0.1, 0.15) is 31.1 Å². The lowest BCUT2D eigenvalue weighted by atomic mass is 10.0. The van der Waals surface area contributed by atoms with Crippen LogP contribution >= 0.6 is 0 Å². The van der Waals surface area contributed by atoms with Crippen LogP contribution in [0, 0.1) is 5.82 Å². The average Bonchev–Trinajstić information content (AvgIpc) is 2.22. The predicted molar refractivity (Wildman–Crippen MR) is 71.8 cm³/mol. The van der Waals surface area contributed by atoms with Gasteiger partial charge in [-0.3, -0.25) is 4.79 Å². The van der Waals surface area contributed by atoms with Crippen molar-refractivity contribution < 1.29 is 9.18 Å². The number of hydrogen-bond donors (Lipinski definition) is 1. The molecule has 0 bridgehead atoms. The minimum atomic E-state index is -0.509. The first-order valence-electron chi connectivity index (χ1n) is 5.74. The quantitative estimate of drug-likeness (QED) is 0.662. The standard InChI is InChI=1S/C14H19FN2O/c1-5-6-17(14(2,3)4)13(18)10-7-11(15)9-12(16)8-10/h5,7-9H,1,6,16H2,2-4H3. The molecule has 1 aromatic rings. The third kappa shape index (κ3) is 3.32. The first-order valence-corrected chi connectivity index (χ1v) is 5.74. The third-order valence-corrected chi connectivity index (χ3v) is 2.53. The summed E-state index contributed by atoms with van der Waals surface area (Å²) in [5, 5.41) is 0. The zero-order valence-corrected chi connectivity index (χ0v) is 11.0. The van der Waals surface area contributed by atoms with Gasteiger partial charge in [-0.05, 0) is 39.0 Å². The van der Waals surface area contributed by atoms with Gasteiger partial charge in [-0.2, -0.15) is 0 Å². The molecule has 3 nitrogen and oxygen atoms in total. The second-order valence-corrected chi connectivity index (χ2v) is 5.15. The monoisotopic (exact) mass is 250 g/mol. The van der Waals surface area contributed by atoms with Crippen LogP contribution in [-0.2, 0) is 0 Å². The van der Waals surface area contributed by atoms with Gasteiger partial charge >= 0.3 is 0 Å². The molecule has 4 heteroatoms. The molecule has 1 amide bonds. The highest BCUT2D eigenvalue weighted by Crippen LogP contribution is 2.19. The van der Waals surface area contributed by atoms with E-state index in [4.69, 9.17) is 5.73 Å². The molecule has 0 aliphatic rings. The van der Waals surface area contributed by atoms with Gasteiger partial charge in [-0.1, -0.05) is 6.08 Å². The zero-order valence-electron chi connectivity index (χ0n) is 11.0. The molecule has 1 rings (SSSR count). The number of amides is 1. The van der Waals surface area contributed by atoms with Gasteiger partial charge in [0, 0.05) is 23.3 Å². The van der Waals surface area contributed by atoms with Gasteiger partial charge in [0.1, 0.15) is 5.82 Å². The normalized spacial score (nSPS) is 11.1. The van der Waals surface area contributed by atoms with E-state index in [0.29, 0.717) is 6.54 Å². The van der Waals surface area contributed by atoms with Crippen molar-refractivity contribution in [3.05, 3.63) is 42.2 Å². The van der Waals surface area contributed by atoms with Crippen LogP contribution in [0.4, 0.5) is 10.1 Å². The van der Waals surface area contributed by atoms with E-state index in [-0.39, 0.29) is 22.7 Å². The van der Waals surface area contributed by atoms with E-state index >= 15 is 0 Å². The minimum absolute atomic E-state index is 0.241. The van der Waals surface area contributed by atoms with Crippen LogP contribution in [0.3, 0.4) is 0 Å². The molecule has 0 aliphatic carbocycles. The van der Waals surface area contributed by atoms with Gasteiger partial charge in [0.25, 0.3) is 5.91 Å². The Hall–Kier alpha value is -1.84. The molecular formula is C14H19FN2O. The molecule has 1 aromatic carbocycles. The van der Waals surface area contributed by atoms with Gasteiger partial charge in [0.05, 0.1) is 0 Å². The van der Waals surface area contributed by atoms with Gasteiger partial charge < -0.3 is 10.6 Å². The van der Waals surface area contributed by atoms with E-state index in [1.54, 1.807) is 11.0 Å². The highest BCUT2D eigenvalue weighted by molar-refractivity contribution is 5.95. The number of benzene rings is 1. The summed E-state index contributed by atoms with van der Waals surface area (Å²) >= 11 is 0. The summed E-state index contributed by atoms with van der Waals surface area (Å²) < 4.78 is 13.3. The molecule has 0 radical (unpaired) electrons. The number of nitrogen functional groups attached to an aromatic ring is 1. The Morgan fingerprint density at radius 2 is 2.06 bits per heavy atom. The fourth-order valence-corrected chi connectivity index (χ4v) is 1.68. The van der Waals surface area contributed by atoms with Crippen molar-refractivity contribution in [2.45, 2.75) is 26.3 Å². The lowest BCUT2D eigenvalue weighted by Crippen LogP contribution is -2.45. The van der Waals surface area contributed by atoms with Gasteiger partial charge in [0.2, 0.25) is 0 Å². The number of nitrogens with zero attached hydrogens (tertiary/aromatic N) is 1. The molecule has 18 heavy (non-hydrogen) atoms. The maximum atomic E-state index is 13.3. The topological polar surface area (TPSA) is 46.3 Å². The number of nitrogens with two attached hydrogens (primary N) is 1. The Morgan fingerprint density at radius 3 is 2.50 bits per heavy atom. The van der Waals surface area contributed by atoms with Crippen molar-refractivity contribution in [3.8, 4) is 0 Å². The summed E-state index contributed by atoms with van der Waals surface area (Å²) in [6.45, 7) is 9.78. The maximum absolute atomic E-state index is 13.3. The predicted octanol–water partition coefficient (Wildman–Crippen LogP) is 2.83. The Labute approximate surface area is 107 Å². The summed E-state index contributed by atoms with van der Waals surface area (Å²) in [7, 11) is 0. The molecule has 0 saturated carbocycles. The lowest BCUT2D eigenvalue weighted by Gasteiger charge is -2.35. The van der Waals surface area contributed by atoms with E-state index in [9.17, 15) is 9.18 Å². The molecule has 98 valence electrons. The summed E-state index contributed by atoms with van der Waals surface area (Å²) in [6.07, 6.45) is 1.64. The van der Waals surface area contributed by atoms with E-state index in [2.05, 4.69) is 6.58 Å². The number of carbonyl (C=O) groups is 1. The van der Waals surface area contributed by atoms with E-state index in [0.717, 1.165) is 0 Å². The molecule has 0 atom stereocenters. The molecule has 0 fully saturated rings. The highest BCUT2D eigenvalue weighted by Gasteiger charge is 2.26. The Kier molecular flexibility index (Phi) is 4.11. The van der Waals surface area contributed by atoms with Crippen molar-refractivity contribution in [3.63, 3.8) is 0 Å². The van der Waals surface area contributed by atoms with Crippen LogP contribution in [-0.4, -0.2) is 22.9 Å². The molecule has 0 aliphatic heterocycles. The zero-order chi connectivity index (χ0) is 13.9. The molecule has 2 N–H and O–H groups in total. The molecule has 0 unspecified atom stereocenters. The van der Waals surface area contributed by atoms with Gasteiger partial charge in [0.15, 0.2) is 0 Å². The first-order chi connectivity index (χ1) is 8.25. The number of halogens is 1. The molecule has 0 spiro atoms. The lowest BCUT2D eigenvalue weighted by molar-refractivity contribution is 0.0616. The van der Waals surface area contributed by atoms with Crippen molar-refractivity contribution in [2.24, 2.45) is 0 Å². The fourth-order valence-electron chi connectivity index (χ4n) is 1.68. The number of rotatable bonds is 3. The summed E-state index contributed by atoms with van der Waals surface area (Å²) in [6, 6.07) is 3.86. The first kappa shape index (κ1) is 14.2. The second-order valence-electron chi connectivity index (χ2n) is 5.15. The smallest absolute Gasteiger partial charge is 0.254 e. The summed E-state index contributed by atoms with van der Waals surface area (Å²) in [5.41, 5.74) is 5.68.